The normalized spacial score (nSPS) is 14.4. The van der Waals surface area contributed by atoms with Crippen LogP contribution in [0.4, 0.5) is 0 Å². The maximum Gasteiger partial charge on any atom is 0.0950 e. The lowest BCUT2D eigenvalue weighted by Gasteiger charge is -2.22. The van der Waals surface area contributed by atoms with E-state index in [0.717, 1.165) is 17.0 Å². The average molecular weight is 264 g/mol. The number of rotatable bonds is 5. The maximum absolute atomic E-state index is 6.04. The minimum atomic E-state index is 0.257. The maximum atomic E-state index is 6.04. The van der Waals surface area contributed by atoms with Crippen molar-refractivity contribution >= 4 is 11.6 Å². The van der Waals surface area contributed by atoms with Crippen molar-refractivity contribution in [2.24, 2.45) is 0 Å². The van der Waals surface area contributed by atoms with E-state index in [1.165, 1.54) is 5.56 Å². The first-order chi connectivity index (χ1) is 8.70. The van der Waals surface area contributed by atoms with Crippen LogP contribution in [-0.2, 0) is 0 Å². The van der Waals surface area contributed by atoms with Gasteiger partial charge in [0.1, 0.15) is 0 Å². The van der Waals surface area contributed by atoms with Crippen LogP contribution in [0.1, 0.15) is 43.5 Å². The van der Waals surface area contributed by atoms with E-state index in [2.05, 4.69) is 25.2 Å². The van der Waals surface area contributed by atoms with E-state index in [-0.39, 0.29) is 6.04 Å². The Morgan fingerprint density at radius 2 is 2.11 bits per heavy atom. The molecule has 2 aromatic rings. The first-order valence-electron chi connectivity index (χ1n) is 6.24. The summed E-state index contributed by atoms with van der Waals surface area (Å²) in [7, 11) is 0. The zero-order valence-corrected chi connectivity index (χ0v) is 11.4. The van der Waals surface area contributed by atoms with Crippen molar-refractivity contribution in [2.75, 3.05) is 0 Å². The van der Waals surface area contributed by atoms with Crippen LogP contribution in [0.15, 0.2) is 47.3 Å². The molecular weight excluding hydrogens is 246 g/mol. The molecule has 96 valence electrons. The number of halogens is 1. The number of nitrogens with one attached hydrogen (secondary N) is 1. The molecule has 0 saturated carbocycles. The Balaban J connectivity index is 2.10. The van der Waals surface area contributed by atoms with Crippen LogP contribution < -0.4 is 5.32 Å². The summed E-state index contributed by atoms with van der Waals surface area (Å²) < 4.78 is 5.11. The third kappa shape index (κ3) is 3.15. The molecule has 3 heteroatoms. The summed E-state index contributed by atoms with van der Waals surface area (Å²) in [5.41, 5.74) is 2.39. The summed E-state index contributed by atoms with van der Waals surface area (Å²) in [6.07, 6.45) is 4.50. The van der Waals surface area contributed by atoms with Crippen LogP contribution >= 0.6 is 11.6 Å². The van der Waals surface area contributed by atoms with Gasteiger partial charge in [0, 0.05) is 22.7 Å². The number of benzene rings is 1. The zero-order valence-electron chi connectivity index (χ0n) is 10.7. The van der Waals surface area contributed by atoms with Gasteiger partial charge in [-0.3, -0.25) is 0 Å². The van der Waals surface area contributed by atoms with Crippen molar-refractivity contribution in [3.05, 3.63) is 59.0 Å². The third-order valence-electron chi connectivity index (χ3n) is 3.15. The molecule has 1 N–H and O–H groups in total. The van der Waals surface area contributed by atoms with Crippen LogP contribution in [0.2, 0.25) is 5.02 Å². The van der Waals surface area contributed by atoms with Crippen LogP contribution in [0.3, 0.4) is 0 Å². The van der Waals surface area contributed by atoms with Gasteiger partial charge in [-0.15, -0.1) is 0 Å². The lowest BCUT2D eigenvalue weighted by Crippen LogP contribution is -2.23. The quantitative estimate of drug-likeness (QED) is 0.843. The summed E-state index contributed by atoms with van der Waals surface area (Å²) in [5.74, 6) is 0. The summed E-state index contributed by atoms with van der Waals surface area (Å²) in [4.78, 5) is 0. The first-order valence-corrected chi connectivity index (χ1v) is 6.62. The molecule has 0 saturated heterocycles. The fraction of sp³-hybridized carbons (Fsp3) is 0.333. The second kappa shape index (κ2) is 6.07. The highest BCUT2D eigenvalue weighted by atomic mass is 35.5. The van der Waals surface area contributed by atoms with E-state index in [9.17, 15) is 0 Å². The van der Waals surface area contributed by atoms with Crippen LogP contribution in [0.25, 0.3) is 0 Å². The molecule has 0 spiro atoms. The van der Waals surface area contributed by atoms with E-state index in [1.807, 2.05) is 24.3 Å². The SMILES string of the molecule is CCC(NC(C)c1ccoc1)c1cccc(Cl)c1. The van der Waals surface area contributed by atoms with Gasteiger partial charge in [-0.2, -0.15) is 0 Å². The van der Waals surface area contributed by atoms with Crippen molar-refractivity contribution in [2.45, 2.75) is 32.4 Å². The van der Waals surface area contributed by atoms with Gasteiger partial charge in [0.2, 0.25) is 0 Å². The topological polar surface area (TPSA) is 25.2 Å². The highest BCUT2D eigenvalue weighted by Crippen LogP contribution is 2.24. The molecule has 0 aliphatic carbocycles. The van der Waals surface area contributed by atoms with Crippen molar-refractivity contribution < 1.29 is 4.42 Å². The van der Waals surface area contributed by atoms with Gasteiger partial charge in [-0.25, -0.2) is 0 Å². The molecule has 1 aromatic carbocycles. The van der Waals surface area contributed by atoms with Crippen LogP contribution in [0.5, 0.6) is 0 Å². The molecule has 0 aliphatic heterocycles. The van der Waals surface area contributed by atoms with Crippen molar-refractivity contribution in [3.63, 3.8) is 0 Å². The highest BCUT2D eigenvalue weighted by molar-refractivity contribution is 6.30. The Morgan fingerprint density at radius 1 is 1.28 bits per heavy atom. The molecule has 2 unspecified atom stereocenters. The summed E-state index contributed by atoms with van der Waals surface area (Å²) in [6, 6.07) is 10.6. The van der Waals surface area contributed by atoms with Gasteiger partial charge in [0.25, 0.3) is 0 Å². The molecule has 18 heavy (non-hydrogen) atoms. The van der Waals surface area contributed by atoms with Crippen LogP contribution in [0, 0.1) is 0 Å². The molecule has 1 heterocycles. The second-order valence-corrected chi connectivity index (χ2v) is 4.90. The van der Waals surface area contributed by atoms with Gasteiger partial charge in [-0.1, -0.05) is 30.7 Å². The van der Waals surface area contributed by atoms with Crippen LogP contribution in [-0.4, -0.2) is 0 Å². The Hall–Kier alpha value is -1.25. The molecule has 0 amide bonds. The molecule has 0 fully saturated rings. The number of furan rings is 1. The molecule has 0 aliphatic rings. The van der Waals surface area contributed by atoms with E-state index >= 15 is 0 Å². The zero-order chi connectivity index (χ0) is 13.0. The van der Waals surface area contributed by atoms with Gasteiger partial charge < -0.3 is 9.73 Å². The van der Waals surface area contributed by atoms with Gasteiger partial charge >= 0.3 is 0 Å². The average Bonchev–Trinajstić information content (AvgIpc) is 2.89. The van der Waals surface area contributed by atoms with E-state index in [1.54, 1.807) is 12.5 Å². The predicted molar refractivity (Wildman–Crippen MR) is 74.7 cm³/mol. The van der Waals surface area contributed by atoms with Crippen molar-refractivity contribution in [1.82, 2.24) is 5.32 Å². The van der Waals surface area contributed by atoms with E-state index in [4.69, 9.17) is 16.0 Å². The molecule has 1 aromatic heterocycles. The minimum absolute atomic E-state index is 0.257. The Bertz CT molecular complexity index is 481. The standard InChI is InChI=1S/C15H18ClNO/c1-3-15(12-5-4-6-14(16)9-12)17-11(2)13-7-8-18-10-13/h4-11,15,17H,3H2,1-2H3. The molecule has 2 rings (SSSR count). The molecular formula is C15H18ClNO. The first kappa shape index (κ1) is 13.2. The molecule has 2 atom stereocenters. The summed E-state index contributed by atoms with van der Waals surface area (Å²) in [6.45, 7) is 4.30. The van der Waals surface area contributed by atoms with Crippen molar-refractivity contribution in [3.8, 4) is 0 Å². The third-order valence-corrected chi connectivity index (χ3v) is 3.39. The van der Waals surface area contributed by atoms with E-state index in [0.29, 0.717) is 6.04 Å². The Labute approximate surface area is 113 Å². The predicted octanol–water partition coefficient (Wildman–Crippen LogP) is 4.73. The Kier molecular flexibility index (Phi) is 4.45. The smallest absolute Gasteiger partial charge is 0.0950 e. The van der Waals surface area contributed by atoms with E-state index < -0.39 is 0 Å². The largest absolute Gasteiger partial charge is 0.472 e. The van der Waals surface area contributed by atoms with Gasteiger partial charge in [0.05, 0.1) is 12.5 Å². The van der Waals surface area contributed by atoms with Crippen molar-refractivity contribution in [1.29, 1.82) is 0 Å². The summed E-state index contributed by atoms with van der Waals surface area (Å²) in [5, 5.41) is 4.38. The Morgan fingerprint density at radius 3 is 2.72 bits per heavy atom. The molecule has 2 nitrogen and oxygen atoms in total. The highest BCUT2D eigenvalue weighted by Gasteiger charge is 2.14. The molecule has 0 radical (unpaired) electrons. The summed E-state index contributed by atoms with van der Waals surface area (Å²) >= 11 is 6.04. The monoisotopic (exact) mass is 263 g/mol. The minimum Gasteiger partial charge on any atom is -0.472 e. The second-order valence-electron chi connectivity index (χ2n) is 4.46. The fourth-order valence-corrected chi connectivity index (χ4v) is 2.29. The molecule has 0 bridgehead atoms. The fourth-order valence-electron chi connectivity index (χ4n) is 2.09. The van der Waals surface area contributed by atoms with Gasteiger partial charge in [0.15, 0.2) is 0 Å². The lowest BCUT2D eigenvalue weighted by atomic mass is 10.0. The van der Waals surface area contributed by atoms with Gasteiger partial charge in [-0.05, 0) is 37.1 Å². The lowest BCUT2D eigenvalue weighted by molar-refractivity contribution is 0.452. The number of hydrogen-bond donors (Lipinski definition) is 1. The number of hydrogen-bond acceptors (Lipinski definition) is 2.